The second-order valence-corrected chi connectivity index (χ2v) is 5.04. The lowest BCUT2D eigenvalue weighted by Gasteiger charge is -2.01. The number of hydrogen-bond donors (Lipinski definition) is 1. The number of hydrogen-bond acceptors (Lipinski definition) is 4. The summed E-state index contributed by atoms with van der Waals surface area (Å²) in [6.07, 6.45) is 0.752. The first-order valence-corrected chi connectivity index (χ1v) is 7.10. The van der Waals surface area contributed by atoms with Crippen molar-refractivity contribution in [3.05, 3.63) is 65.5 Å². The van der Waals surface area contributed by atoms with Crippen molar-refractivity contribution < 1.29 is 8.91 Å². The zero-order valence-corrected chi connectivity index (χ0v) is 12.2. The van der Waals surface area contributed by atoms with Crippen LogP contribution in [0.1, 0.15) is 11.1 Å². The molecule has 3 rings (SSSR count). The largest absolute Gasteiger partial charge is 0.337 e. The molecule has 4 nitrogen and oxygen atoms in total. The van der Waals surface area contributed by atoms with E-state index in [2.05, 4.69) is 15.5 Å². The quantitative estimate of drug-likeness (QED) is 0.777. The van der Waals surface area contributed by atoms with E-state index < -0.39 is 0 Å². The van der Waals surface area contributed by atoms with Gasteiger partial charge >= 0.3 is 6.01 Å². The highest BCUT2D eigenvalue weighted by Crippen LogP contribution is 2.21. The highest BCUT2D eigenvalue weighted by atomic mass is 19.1. The van der Waals surface area contributed by atoms with E-state index in [-0.39, 0.29) is 5.82 Å². The molecule has 112 valence electrons. The summed E-state index contributed by atoms with van der Waals surface area (Å²) < 4.78 is 18.0. The smallest absolute Gasteiger partial charge is 0.321 e. The third kappa shape index (κ3) is 3.31. The Morgan fingerprint density at radius 2 is 1.86 bits per heavy atom. The van der Waals surface area contributed by atoms with Crippen LogP contribution in [0, 0.1) is 12.7 Å². The van der Waals surface area contributed by atoms with E-state index in [1.807, 2.05) is 31.2 Å². The van der Waals surface area contributed by atoms with Gasteiger partial charge in [-0.3, -0.25) is 0 Å². The molecule has 3 aromatic rings. The Labute approximate surface area is 128 Å². The van der Waals surface area contributed by atoms with Crippen LogP contribution in [0.4, 0.5) is 10.4 Å². The first-order valence-electron chi connectivity index (χ1n) is 7.10. The van der Waals surface area contributed by atoms with Crippen molar-refractivity contribution >= 4 is 6.01 Å². The van der Waals surface area contributed by atoms with Crippen molar-refractivity contribution in [1.29, 1.82) is 0 Å². The molecule has 0 saturated carbocycles. The number of nitrogens with zero attached hydrogens (tertiary/aromatic N) is 2. The van der Waals surface area contributed by atoms with E-state index in [0.717, 1.165) is 23.1 Å². The normalized spacial score (nSPS) is 10.6. The maximum atomic E-state index is 12.8. The molecule has 0 saturated heterocycles. The second kappa shape index (κ2) is 6.39. The van der Waals surface area contributed by atoms with E-state index in [1.165, 1.54) is 12.1 Å². The maximum Gasteiger partial charge on any atom is 0.321 e. The van der Waals surface area contributed by atoms with Crippen LogP contribution < -0.4 is 5.32 Å². The summed E-state index contributed by atoms with van der Waals surface area (Å²) in [5.74, 6) is 0.346. The summed E-state index contributed by atoms with van der Waals surface area (Å²) in [4.78, 5) is 4.34. The van der Waals surface area contributed by atoms with Gasteiger partial charge in [-0.2, -0.15) is 4.98 Å². The number of rotatable bonds is 5. The average Bonchev–Trinajstić information content (AvgIpc) is 2.98. The van der Waals surface area contributed by atoms with Gasteiger partial charge < -0.3 is 9.84 Å². The fourth-order valence-corrected chi connectivity index (χ4v) is 2.19. The first kappa shape index (κ1) is 14.3. The Kier molecular flexibility index (Phi) is 4.14. The molecule has 1 heterocycles. The zero-order valence-electron chi connectivity index (χ0n) is 12.2. The number of aromatic nitrogens is 2. The number of aryl methyl sites for hydroxylation is 1. The van der Waals surface area contributed by atoms with E-state index in [0.29, 0.717) is 18.4 Å². The molecule has 0 aliphatic rings. The predicted octanol–water partition coefficient (Wildman–Crippen LogP) is 3.84. The first-order chi connectivity index (χ1) is 10.7. The van der Waals surface area contributed by atoms with Gasteiger partial charge in [0.05, 0.1) is 0 Å². The molecule has 0 aliphatic carbocycles. The van der Waals surface area contributed by atoms with Crippen molar-refractivity contribution in [2.75, 3.05) is 11.9 Å². The van der Waals surface area contributed by atoms with Crippen LogP contribution in [0.25, 0.3) is 11.4 Å². The average molecular weight is 297 g/mol. The van der Waals surface area contributed by atoms with Crippen LogP contribution in [-0.4, -0.2) is 16.7 Å². The van der Waals surface area contributed by atoms with Crippen LogP contribution in [0.2, 0.25) is 0 Å². The summed E-state index contributed by atoms with van der Waals surface area (Å²) in [5.41, 5.74) is 3.10. The van der Waals surface area contributed by atoms with Crippen LogP contribution in [-0.2, 0) is 6.42 Å². The Morgan fingerprint density at radius 3 is 2.64 bits per heavy atom. The molecule has 1 N–H and O–H groups in total. The van der Waals surface area contributed by atoms with Crippen molar-refractivity contribution in [2.45, 2.75) is 13.3 Å². The number of nitrogens with one attached hydrogen (secondary N) is 1. The minimum atomic E-state index is -0.225. The van der Waals surface area contributed by atoms with E-state index in [4.69, 9.17) is 4.52 Å². The SMILES string of the molecule is Cc1ccccc1-c1noc(NCCc2ccc(F)cc2)n1. The third-order valence-electron chi connectivity index (χ3n) is 3.42. The predicted molar refractivity (Wildman–Crippen MR) is 83.1 cm³/mol. The van der Waals surface area contributed by atoms with Crippen LogP contribution in [0.3, 0.4) is 0 Å². The highest BCUT2D eigenvalue weighted by Gasteiger charge is 2.09. The minimum Gasteiger partial charge on any atom is -0.337 e. The molecule has 0 spiro atoms. The van der Waals surface area contributed by atoms with Gasteiger partial charge in [-0.15, -0.1) is 0 Å². The molecule has 2 aromatic carbocycles. The summed E-state index contributed by atoms with van der Waals surface area (Å²) >= 11 is 0. The van der Waals surface area contributed by atoms with Crippen molar-refractivity contribution in [1.82, 2.24) is 10.1 Å². The third-order valence-corrected chi connectivity index (χ3v) is 3.42. The summed E-state index contributed by atoms with van der Waals surface area (Å²) in [7, 11) is 0. The fourth-order valence-electron chi connectivity index (χ4n) is 2.19. The molecule has 22 heavy (non-hydrogen) atoms. The zero-order chi connectivity index (χ0) is 15.4. The Balaban J connectivity index is 1.60. The lowest BCUT2D eigenvalue weighted by Crippen LogP contribution is -2.05. The molecular formula is C17H16FN3O. The highest BCUT2D eigenvalue weighted by molar-refractivity contribution is 5.59. The molecule has 0 atom stereocenters. The molecule has 0 radical (unpaired) electrons. The Bertz CT molecular complexity index is 753. The van der Waals surface area contributed by atoms with Gasteiger partial charge in [0.25, 0.3) is 0 Å². The second-order valence-electron chi connectivity index (χ2n) is 5.04. The maximum absolute atomic E-state index is 12.8. The summed E-state index contributed by atoms with van der Waals surface area (Å²) in [5, 5.41) is 7.07. The van der Waals surface area contributed by atoms with Crippen LogP contribution in [0.5, 0.6) is 0 Å². The number of anilines is 1. The van der Waals surface area contributed by atoms with Gasteiger partial charge in [0, 0.05) is 12.1 Å². The summed E-state index contributed by atoms with van der Waals surface area (Å²) in [6.45, 7) is 2.65. The van der Waals surface area contributed by atoms with Crippen molar-refractivity contribution in [2.24, 2.45) is 0 Å². The number of benzene rings is 2. The van der Waals surface area contributed by atoms with Gasteiger partial charge in [-0.25, -0.2) is 4.39 Å². The molecular weight excluding hydrogens is 281 g/mol. The molecule has 0 amide bonds. The van der Waals surface area contributed by atoms with Crippen molar-refractivity contribution in [3.8, 4) is 11.4 Å². The topological polar surface area (TPSA) is 51.0 Å². The minimum absolute atomic E-state index is 0.225. The van der Waals surface area contributed by atoms with E-state index >= 15 is 0 Å². The van der Waals surface area contributed by atoms with Crippen LogP contribution in [0.15, 0.2) is 53.1 Å². The molecule has 0 fully saturated rings. The molecule has 1 aromatic heterocycles. The van der Waals surface area contributed by atoms with Gasteiger partial charge in [0.2, 0.25) is 5.82 Å². The van der Waals surface area contributed by atoms with Crippen molar-refractivity contribution in [3.63, 3.8) is 0 Å². The van der Waals surface area contributed by atoms with Gasteiger partial charge in [-0.05, 0) is 36.6 Å². The molecule has 0 bridgehead atoms. The molecule has 0 unspecified atom stereocenters. The monoisotopic (exact) mass is 297 g/mol. The lowest BCUT2D eigenvalue weighted by atomic mass is 10.1. The van der Waals surface area contributed by atoms with Gasteiger partial charge in [0.15, 0.2) is 0 Å². The fraction of sp³-hybridized carbons (Fsp3) is 0.176. The van der Waals surface area contributed by atoms with Gasteiger partial charge in [0.1, 0.15) is 5.82 Å². The standard InChI is InChI=1S/C17H16FN3O/c1-12-4-2-3-5-15(12)16-20-17(22-21-16)19-11-10-13-6-8-14(18)9-7-13/h2-9H,10-11H2,1H3,(H,19,20,21). The Hall–Kier alpha value is -2.69. The molecule has 5 heteroatoms. The van der Waals surface area contributed by atoms with Crippen LogP contribution >= 0.6 is 0 Å². The van der Waals surface area contributed by atoms with E-state index in [9.17, 15) is 4.39 Å². The lowest BCUT2D eigenvalue weighted by molar-refractivity contribution is 0.432. The number of halogens is 1. The summed E-state index contributed by atoms with van der Waals surface area (Å²) in [6, 6.07) is 14.7. The molecule has 0 aliphatic heterocycles. The Morgan fingerprint density at radius 1 is 1.09 bits per heavy atom. The van der Waals surface area contributed by atoms with E-state index in [1.54, 1.807) is 12.1 Å². The van der Waals surface area contributed by atoms with Gasteiger partial charge in [-0.1, -0.05) is 41.6 Å².